The summed E-state index contributed by atoms with van der Waals surface area (Å²) in [6.07, 6.45) is 0. The quantitative estimate of drug-likeness (QED) is 0.701. The highest BCUT2D eigenvalue weighted by atomic mass is 35.5. The van der Waals surface area contributed by atoms with Gasteiger partial charge >= 0.3 is 4.17 Å². The largest absolute Gasteiger partial charge is 0.375 e. The molecule has 0 N–H and O–H groups in total. The summed E-state index contributed by atoms with van der Waals surface area (Å²) in [5, 5.41) is 0.740. The molecule has 4 heteroatoms. The molecule has 64 valence electrons. The Labute approximate surface area is 91.2 Å². The summed E-state index contributed by atoms with van der Waals surface area (Å²) < 4.78 is 0.338. The first-order valence-corrected chi connectivity index (χ1v) is 5.35. The van der Waals surface area contributed by atoms with Gasteiger partial charge in [0.25, 0.3) is 0 Å². The van der Waals surface area contributed by atoms with Gasteiger partial charge in [-0.3, -0.25) is 0 Å². The number of halogens is 3. The highest BCUT2D eigenvalue weighted by molar-refractivity contribution is 8.04. The number of hydrogen-bond acceptors (Lipinski definition) is 1. The van der Waals surface area contributed by atoms with Crippen LogP contribution in [0, 0.1) is 4.17 Å². The summed E-state index contributed by atoms with van der Waals surface area (Å²) in [5.74, 6) is 0.777. The van der Waals surface area contributed by atoms with E-state index in [1.807, 2.05) is 24.3 Å². The van der Waals surface area contributed by atoms with Crippen LogP contribution in [0.15, 0.2) is 24.3 Å². The van der Waals surface area contributed by atoms with Crippen LogP contribution in [0.25, 0.3) is 0 Å². The summed E-state index contributed by atoms with van der Waals surface area (Å²) in [4.78, 5) is 0. The van der Waals surface area contributed by atoms with Gasteiger partial charge in [0.1, 0.15) is 11.8 Å². The summed E-state index contributed by atoms with van der Waals surface area (Å²) in [5.41, 5.74) is 1.16. The van der Waals surface area contributed by atoms with Crippen molar-refractivity contribution in [3.63, 3.8) is 0 Å². The molecule has 0 saturated carbocycles. The summed E-state index contributed by atoms with van der Waals surface area (Å²) in [6.45, 7) is 0. The molecule has 0 aliphatic heterocycles. The van der Waals surface area contributed by atoms with Crippen LogP contribution in [0.2, 0.25) is 5.02 Å². The normalized spacial score (nSPS) is 9.92. The van der Waals surface area contributed by atoms with E-state index in [4.69, 9.17) is 34.8 Å². The van der Waals surface area contributed by atoms with Crippen molar-refractivity contribution in [2.45, 2.75) is 5.75 Å². The van der Waals surface area contributed by atoms with Crippen LogP contribution in [0.4, 0.5) is 0 Å². The predicted octanol–water partition coefficient (Wildman–Crippen LogP) is 4.50. The first-order valence-electron chi connectivity index (χ1n) is 3.23. The van der Waals surface area contributed by atoms with E-state index in [9.17, 15) is 0 Å². The zero-order chi connectivity index (χ0) is 8.97. The van der Waals surface area contributed by atoms with E-state index in [2.05, 4.69) is 0 Å². The molecule has 0 saturated heterocycles. The van der Waals surface area contributed by atoms with Crippen molar-refractivity contribution in [1.29, 1.82) is 0 Å². The Morgan fingerprint density at radius 2 is 1.75 bits per heavy atom. The van der Waals surface area contributed by atoms with Gasteiger partial charge in [-0.2, -0.15) is 0 Å². The Bertz CT molecular complexity index is 233. The van der Waals surface area contributed by atoms with Crippen molar-refractivity contribution in [3.8, 4) is 0 Å². The van der Waals surface area contributed by atoms with Gasteiger partial charge in [-0.15, -0.1) is 0 Å². The summed E-state index contributed by atoms with van der Waals surface area (Å²) in [7, 11) is 0. The number of thioether (sulfide) groups is 1. The monoisotopic (exact) mass is 239 g/mol. The molecule has 0 heterocycles. The lowest BCUT2D eigenvalue weighted by Gasteiger charge is -1.94. The maximum Gasteiger partial charge on any atom is 0.375 e. The smallest absolute Gasteiger partial charge is 0.0843 e. The lowest BCUT2D eigenvalue weighted by molar-refractivity contribution is 1.42. The molecule has 0 aliphatic rings. The van der Waals surface area contributed by atoms with Crippen molar-refractivity contribution in [1.82, 2.24) is 0 Å². The second-order valence-electron chi connectivity index (χ2n) is 2.14. The molecule has 1 aromatic rings. The van der Waals surface area contributed by atoms with Crippen LogP contribution in [-0.4, -0.2) is 0 Å². The molecule has 0 atom stereocenters. The van der Waals surface area contributed by atoms with Crippen molar-refractivity contribution >= 4 is 46.6 Å². The van der Waals surface area contributed by atoms with Crippen LogP contribution in [-0.2, 0) is 5.75 Å². The van der Waals surface area contributed by atoms with E-state index in [1.54, 1.807) is 0 Å². The van der Waals surface area contributed by atoms with E-state index in [0.717, 1.165) is 16.3 Å². The Hall–Kier alpha value is 0.310. The van der Waals surface area contributed by atoms with Crippen molar-refractivity contribution in [2.75, 3.05) is 0 Å². The van der Waals surface area contributed by atoms with E-state index < -0.39 is 0 Å². The minimum atomic E-state index is 0.338. The SMILES string of the molecule is Clc1ccc(CS[C+](Cl)Cl)cc1. The maximum absolute atomic E-state index is 5.71. The van der Waals surface area contributed by atoms with Gasteiger partial charge in [-0.25, -0.2) is 0 Å². The zero-order valence-corrected chi connectivity index (χ0v) is 9.14. The van der Waals surface area contributed by atoms with Crippen LogP contribution < -0.4 is 0 Å². The van der Waals surface area contributed by atoms with Crippen molar-refractivity contribution in [2.24, 2.45) is 0 Å². The standard InChI is InChI=1S/C8H6Cl3S/c9-7-3-1-6(2-4-7)5-12-8(10)11/h1-4H,5H2/q+1. The van der Waals surface area contributed by atoms with Crippen LogP contribution in [0.5, 0.6) is 0 Å². The first kappa shape index (κ1) is 10.4. The minimum Gasteiger partial charge on any atom is -0.0843 e. The minimum absolute atomic E-state index is 0.338. The lowest BCUT2D eigenvalue weighted by atomic mass is 10.2. The highest BCUT2D eigenvalue weighted by Crippen LogP contribution is 2.30. The molecule has 1 rings (SSSR count). The molecule has 0 aromatic heterocycles. The Morgan fingerprint density at radius 3 is 2.25 bits per heavy atom. The fourth-order valence-electron chi connectivity index (χ4n) is 0.719. The average Bonchev–Trinajstić information content (AvgIpc) is 2.03. The number of benzene rings is 1. The number of rotatable bonds is 3. The molecule has 0 amide bonds. The van der Waals surface area contributed by atoms with Gasteiger partial charge in [0.05, 0.1) is 5.75 Å². The maximum atomic E-state index is 5.71. The van der Waals surface area contributed by atoms with Crippen LogP contribution >= 0.6 is 46.6 Å². The molecule has 0 spiro atoms. The number of hydrogen-bond donors (Lipinski definition) is 0. The third kappa shape index (κ3) is 3.81. The fourth-order valence-corrected chi connectivity index (χ4v) is 1.64. The topological polar surface area (TPSA) is 0 Å². The van der Waals surface area contributed by atoms with E-state index >= 15 is 0 Å². The van der Waals surface area contributed by atoms with E-state index in [1.165, 1.54) is 11.8 Å². The van der Waals surface area contributed by atoms with Crippen LogP contribution in [0.1, 0.15) is 5.56 Å². The molecule has 0 nitrogen and oxygen atoms in total. The van der Waals surface area contributed by atoms with E-state index in [-0.39, 0.29) is 0 Å². The molecule has 0 aliphatic carbocycles. The molecule has 0 radical (unpaired) electrons. The van der Waals surface area contributed by atoms with Crippen molar-refractivity contribution in [3.05, 3.63) is 39.0 Å². The molecule has 1 aromatic carbocycles. The second-order valence-corrected chi connectivity index (χ2v) is 4.96. The van der Waals surface area contributed by atoms with Gasteiger partial charge in [-0.1, -0.05) is 23.7 Å². The van der Waals surface area contributed by atoms with Gasteiger partial charge in [0, 0.05) is 5.02 Å². The Balaban J connectivity index is 2.48. The zero-order valence-electron chi connectivity index (χ0n) is 6.06. The lowest BCUT2D eigenvalue weighted by Crippen LogP contribution is -1.79. The molecule has 0 fully saturated rings. The molecule has 12 heavy (non-hydrogen) atoms. The summed E-state index contributed by atoms with van der Waals surface area (Å²) in [6, 6.07) is 7.59. The average molecular weight is 241 g/mol. The first-order chi connectivity index (χ1) is 5.68. The highest BCUT2D eigenvalue weighted by Gasteiger charge is 2.16. The molecular formula is C8H6Cl3S+. The van der Waals surface area contributed by atoms with Gasteiger partial charge in [-0.05, 0) is 17.7 Å². The van der Waals surface area contributed by atoms with Gasteiger partial charge in [0.15, 0.2) is 23.2 Å². The third-order valence-electron chi connectivity index (χ3n) is 1.26. The van der Waals surface area contributed by atoms with Gasteiger partial charge in [0.2, 0.25) is 0 Å². The predicted molar refractivity (Wildman–Crippen MR) is 57.7 cm³/mol. The van der Waals surface area contributed by atoms with Crippen LogP contribution in [0.3, 0.4) is 0 Å². The second kappa shape index (κ2) is 5.13. The molecule has 0 bridgehead atoms. The fraction of sp³-hybridized carbons (Fsp3) is 0.125. The van der Waals surface area contributed by atoms with Gasteiger partial charge < -0.3 is 0 Å². The Kier molecular flexibility index (Phi) is 4.44. The third-order valence-corrected chi connectivity index (χ3v) is 2.86. The summed E-state index contributed by atoms with van der Waals surface area (Å²) >= 11 is 18.1. The Morgan fingerprint density at radius 1 is 1.17 bits per heavy atom. The molecular weight excluding hydrogens is 235 g/mol. The molecule has 0 unspecified atom stereocenters. The van der Waals surface area contributed by atoms with E-state index in [0.29, 0.717) is 4.17 Å². The van der Waals surface area contributed by atoms with Crippen molar-refractivity contribution < 1.29 is 0 Å².